The van der Waals surface area contributed by atoms with Gasteiger partial charge in [0, 0.05) is 19.6 Å². The van der Waals surface area contributed by atoms with E-state index in [4.69, 9.17) is 15.2 Å². The molecular weight excluding hydrogens is 264 g/mol. The summed E-state index contributed by atoms with van der Waals surface area (Å²) in [5.41, 5.74) is 6.35. The molecule has 0 amide bonds. The summed E-state index contributed by atoms with van der Waals surface area (Å²) in [6, 6.07) is 0. The van der Waals surface area contributed by atoms with Crippen LogP contribution in [0.15, 0.2) is 0 Å². The second-order valence-corrected chi connectivity index (χ2v) is 8.09. The molecule has 4 heteroatoms. The summed E-state index contributed by atoms with van der Waals surface area (Å²) >= 11 is 0. The number of nitrogens with two attached hydrogens (primary N) is 1. The second kappa shape index (κ2) is 6.95. The predicted octanol–water partition coefficient (Wildman–Crippen LogP) is 2.27. The molecule has 2 fully saturated rings. The van der Waals surface area contributed by atoms with Crippen LogP contribution in [-0.2, 0) is 9.47 Å². The lowest BCUT2D eigenvalue weighted by Gasteiger charge is -2.44. The van der Waals surface area contributed by atoms with E-state index in [9.17, 15) is 0 Å². The standard InChI is InChI=1S/C17H34N2O2/c1-16(2,3)14-5-7-17(13-18,8-6-14)21-12-15-11-19(4)9-10-20-15/h14-15H,5-13,18H2,1-4H3. The first-order valence-corrected chi connectivity index (χ1v) is 8.49. The zero-order valence-electron chi connectivity index (χ0n) is 14.4. The summed E-state index contributed by atoms with van der Waals surface area (Å²) in [5.74, 6) is 0.790. The molecular formula is C17H34N2O2. The minimum absolute atomic E-state index is 0.110. The van der Waals surface area contributed by atoms with Crippen LogP contribution >= 0.6 is 0 Å². The molecule has 4 nitrogen and oxygen atoms in total. The van der Waals surface area contributed by atoms with E-state index >= 15 is 0 Å². The molecule has 0 aromatic rings. The average molecular weight is 298 g/mol. The zero-order valence-corrected chi connectivity index (χ0v) is 14.4. The smallest absolute Gasteiger partial charge is 0.0935 e. The molecule has 1 saturated heterocycles. The van der Waals surface area contributed by atoms with Crippen LogP contribution in [0.3, 0.4) is 0 Å². The van der Waals surface area contributed by atoms with Gasteiger partial charge in [-0.15, -0.1) is 0 Å². The number of rotatable bonds is 4. The number of morpholine rings is 1. The van der Waals surface area contributed by atoms with Crippen LogP contribution in [0.4, 0.5) is 0 Å². The molecule has 1 saturated carbocycles. The van der Waals surface area contributed by atoms with Gasteiger partial charge in [-0.1, -0.05) is 20.8 Å². The predicted molar refractivity (Wildman–Crippen MR) is 86.4 cm³/mol. The van der Waals surface area contributed by atoms with Gasteiger partial charge < -0.3 is 20.1 Å². The van der Waals surface area contributed by atoms with E-state index in [1.165, 1.54) is 12.8 Å². The van der Waals surface area contributed by atoms with Crippen LogP contribution < -0.4 is 5.73 Å². The Morgan fingerprint density at radius 1 is 1.29 bits per heavy atom. The van der Waals surface area contributed by atoms with Crippen LogP contribution in [0.1, 0.15) is 46.5 Å². The summed E-state index contributed by atoms with van der Waals surface area (Å²) in [5, 5.41) is 0. The minimum Gasteiger partial charge on any atom is -0.373 e. The van der Waals surface area contributed by atoms with E-state index < -0.39 is 0 Å². The molecule has 2 aliphatic rings. The molecule has 1 heterocycles. The van der Waals surface area contributed by atoms with Gasteiger partial charge in [0.25, 0.3) is 0 Å². The number of hydrogen-bond donors (Lipinski definition) is 1. The second-order valence-electron chi connectivity index (χ2n) is 8.09. The third kappa shape index (κ3) is 4.65. The van der Waals surface area contributed by atoms with Crippen LogP contribution in [0.2, 0.25) is 0 Å². The summed E-state index contributed by atoms with van der Waals surface area (Å²) in [6.45, 7) is 11.1. The van der Waals surface area contributed by atoms with Gasteiger partial charge in [0.1, 0.15) is 0 Å². The maximum Gasteiger partial charge on any atom is 0.0935 e. The molecule has 2 N–H and O–H groups in total. The largest absolute Gasteiger partial charge is 0.373 e. The Morgan fingerprint density at radius 3 is 2.48 bits per heavy atom. The number of likely N-dealkylation sites (N-methyl/N-ethyl adjacent to an activating group) is 1. The Kier molecular flexibility index (Phi) is 5.69. The summed E-state index contributed by atoms with van der Waals surface area (Å²) in [7, 11) is 2.14. The first-order chi connectivity index (χ1) is 9.85. The van der Waals surface area contributed by atoms with Crippen molar-refractivity contribution in [2.24, 2.45) is 17.1 Å². The topological polar surface area (TPSA) is 47.7 Å². The summed E-state index contributed by atoms with van der Waals surface area (Å²) in [4.78, 5) is 2.31. The lowest BCUT2D eigenvalue weighted by atomic mass is 9.68. The van der Waals surface area contributed by atoms with E-state index in [0.717, 1.165) is 38.5 Å². The number of hydrogen-bond acceptors (Lipinski definition) is 4. The van der Waals surface area contributed by atoms with Crippen molar-refractivity contribution in [3.05, 3.63) is 0 Å². The van der Waals surface area contributed by atoms with Crippen LogP contribution in [0.25, 0.3) is 0 Å². The van der Waals surface area contributed by atoms with Crippen molar-refractivity contribution in [3.63, 3.8) is 0 Å². The fourth-order valence-electron chi connectivity index (χ4n) is 3.65. The van der Waals surface area contributed by atoms with Crippen molar-refractivity contribution >= 4 is 0 Å². The summed E-state index contributed by atoms with van der Waals surface area (Å²) in [6.07, 6.45) is 4.84. The molecule has 1 unspecified atom stereocenters. The van der Waals surface area contributed by atoms with E-state index in [1.807, 2.05) is 0 Å². The maximum absolute atomic E-state index is 6.29. The van der Waals surface area contributed by atoms with Crippen LogP contribution in [0.5, 0.6) is 0 Å². The highest BCUT2D eigenvalue weighted by atomic mass is 16.5. The molecule has 124 valence electrons. The molecule has 1 aliphatic carbocycles. The van der Waals surface area contributed by atoms with Crippen molar-refractivity contribution in [3.8, 4) is 0 Å². The maximum atomic E-state index is 6.29. The quantitative estimate of drug-likeness (QED) is 0.865. The van der Waals surface area contributed by atoms with E-state index in [2.05, 4.69) is 32.7 Å². The molecule has 0 radical (unpaired) electrons. The molecule has 1 aliphatic heterocycles. The highest BCUT2D eigenvalue weighted by molar-refractivity contribution is 4.91. The van der Waals surface area contributed by atoms with E-state index in [1.54, 1.807) is 0 Å². The first-order valence-electron chi connectivity index (χ1n) is 8.49. The molecule has 0 aromatic heterocycles. The third-order valence-corrected chi connectivity index (χ3v) is 5.41. The minimum atomic E-state index is -0.110. The Hall–Kier alpha value is -0.160. The van der Waals surface area contributed by atoms with Gasteiger partial charge in [-0.3, -0.25) is 0 Å². The highest BCUT2D eigenvalue weighted by Gasteiger charge is 2.39. The molecule has 21 heavy (non-hydrogen) atoms. The average Bonchev–Trinajstić information content (AvgIpc) is 2.45. The van der Waals surface area contributed by atoms with Gasteiger partial charge >= 0.3 is 0 Å². The van der Waals surface area contributed by atoms with Crippen molar-refractivity contribution in [2.75, 3.05) is 39.9 Å². The fraction of sp³-hybridized carbons (Fsp3) is 1.00. The molecule has 0 aromatic carbocycles. The summed E-state index contributed by atoms with van der Waals surface area (Å²) < 4.78 is 12.1. The Bertz CT molecular complexity index is 319. The lowest BCUT2D eigenvalue weighted by molar-refractivity contribution is -0.131. The van der Waals surface area contributed by atoms with Crippen molar-refractivity contribution in [2.45, 2.75) is 58.2 Å². The van der Waals surface area contributed by atoms with Gasteiger partial charge in [0.15, 0.2) is 0 Å². The zero-order chi connectivity index (χ0) is 15.5. The van der Waals surface area contributed by atoms with Crippen LogP contribution in [-0.4, -0.2) is 56.5 Å². The first kappa shape index (κ1) is 17.2. The lowest BCUT2D eigenvalue weighted by Crippen LogP contribution is -2.49. The normalized spacial score (nSPS) is 35.9. The fourth-order valence-corrected chi connectivity index (χ4v) is 3.65. The van der Waals surface area contributed by atoms with Gasteiger partial charge in [-0.05, 0) is 44.1 Å². The highest BCUT2D eigenvalue weighted by Crippen LogP contribution is 2.42. The Morgan fingerprint density at radius 2 is 1.95 bits per heavy atom. The van der Waals surface area contributed by atoms with Gasteiger partial charge in [0.2, 0.25) is 0 Å². The van der Waals surface area contributed by atoms with Gasteiger partial charge in [-0.2, -0.15) is 0 Å². The van der Waals surface area contributed by atoms with Crippen molar-refractivity contribution in [1.82, 2.24) is 4.90 Å². The number of ether oxygens (including phenoxy) is 2. The van der Waals surface area contributed by atoms with Crippen molar-refractivity contribution in [1.29, 1.82) is 0 Å². The SMILES string of the molecule is CN1CCOC(COC2(CN)CCC(C(C)(C)C)CC2)C1. The Balaban J connectivity index is 1.83. The monoisotopic (exact) mass is 298 g/mol. The van der Waals surface area contributed by atoms with Crippen LogP contribution in [0, 0.1) is 11.3 Å². The number of nitrogens with zero attached hydrogens (tertiary/aromatic N) is 1. The molecule has 2 rings (SSSR count). The van der Waals surface area contributed by atoms with E-state index in [0.29, 0.717) is 18.6 Å². The molecule has 0 spiro atoms. The van der Waals surface area contributed by atoms with Gasteiger partial charge in [-0.25, -0.2) is 0 Å². The third-order valence-electron chi connectivity index (χ3n) is 5.41. The molecule has 1 atom stereocenters. The Labute approximate surface area is 130 Å². The molecule has 0 bridgehead atoms. The van der Waals surface area contributed by atoms with Crippen molar-refractivity contribution < 1.29 is 9.47 Å². The van der Waals surface area contributed by atoms with Gasteiger partial charge in [0.05, 0.1) is 24.9 Å². The van der Waals surface area contributed by atoms with E-state index in [-0.39, 0.29) is 11.7 Å².